The Kier molecular flexibility index (Phi) is 3.22. The standard InChI is InChI=1S/C14H18O/c1-11-7-5-6-10-13(11)14(15)12-8-3-2-4-9-12/h3,5-8,10,12,14-15H,2,4,9H2,1H3/t12-,14-/m0/s1. The van der Waals surface area contributed by atoms with Crippen molar-refractivity contribution in [2.45, 2.75) is 32.3 Å². The number of benzene rings is 1. The first-order valence-corrected chi connectivity index (χ1v) is 5.69. The van der Waals surface area contributed by atoms with Crippen LogP contribution in [0, 0.1) is 12.8 Å². The van der Waals surface area contributed by atoms with E-state index in [-0.39, 0.29) is 6.10 Å². The Morgan fingerprint density at radius 2 is 2.13 bits per heavy atom. The summed E-state index contributed by atoms with van der Waals surface area (Å²) in [5, 5.41) is 10.3. The number of hydrogen-bond acceptors (Lipinski definition) is 1. The molecule has 1 aromatic rings. The molecule has 1 aromatic carbocycles. The highest BCUT2D eigenvalue weighted by Crippen LogP contribution is 2.31. The Bertz CT molecular complexity index is 354. The van der Waals surface area contributed by atoms with E-state index in [0.29, 0.717) is 5.92 Å². The summed E-state index contributed by atoms with van der Waals surface area (Å²) in [6.07, 6.45) is 7.49. The Balaban J connectivity index is 2.20. The molecule has 1 aliphatic carbocycles. The molecule has 2 atom stereocenters. The summed E-state index contributed by atoms with van der Waals surface area (Å²) in [5.41, 5.74) is 2.26. The van der Waals surface area contributed by atoms with Crippen LogP contribution in [-0.2, 0) is 0 Å². The van der Waals surface area contributed by atoms with Crippen LogP contribution < -0.4 is 0 Å². The predicted molar refractivity (Wildman–Crippen MR) is 62.6 cm³/mol. The second-order valence-corrected chi connectivity index (χ2v) is 4.32. The van der Waals surface area contributed by atoms with Crippen molar-refractivity contribution in [2.75, 3.05) is 0 Å². The van der Waals surface area contributed by atoms with Crippen molar-refractivity contribution in [1.29, 1.82) is 0 Å². The third-order valence-corrected chi connectivity index (χ3v) is 3.20. The fraction of sp³-hybridized carbons (Fsp3) is 0.429. The minimum absolute atomic E-state index is 0.305. The second-order valence-electron chi connectivity index (χ2n) is 4.32. The van der Waals surface area contributed by atoms with Crippen molar-refractivity contribution in [1.82, 2.24) is 0 Å². The molecule has 0 aromatic heterocycles. The minimum atomic E-state index is -0.331. The van der Waals surface area contributed by atoms with E-state index in [4.69, 9.17) is 0 Å². The van der Waals surface area contributed by atoms with E-state index < -0.39 is 0 Å². The Morgan fingerprint density at radius 1 is 1.33 bits per heavy atom. The molecule has 15 heavy (non-hydrogen) atoms. The molecule has 0 heterocycles. The maximum absolute atomic E-state index is 10.3. The molecular formula is C14H18O. The van der Waals surface area contributed by atoms with E-state index in [0.717, 1.165) is 18.4 Å². The average Bonchev–Trinajstić information content (AvgIpc) is 2.30. The number of aliphatic hydroxyl groups is 1. The van der Waals surface area contributed by atoms with Gasteiger partial charge < -0.3 is 5.11 Å². The van der Waals surface area contributed by atoms with Gasteiger partial charge in [-0.2, -0.15) is 0 Å². The summed E-state index contributed by atoms with van der Waals surface area (Å²) in [7, 11) is 0. The smallest absolute Gasteiger partial charge is 0.0855 e. The van der Waals surface area contributed by atoms with Gasteiger partial charge in [-0.25, -0.2) is 0 Å². The van der Waals surface area contributed by atoms with Crippen LogP contribution in [0.25, 0.3) is 0 Å². The first-order valence-electron chi connectivity index (χ1n) is 5.69. The number of rotatable bonds is 2. The molecule has 0 spiro atoms. The molecule has 1 nitrogen and oxygen atoms in total. The molecule has 0 bridgehead atoms. The molecule has 0 saturated heterocycles. The van der Waals surface area contributed by atoms with Crippen LogP contribution in [0.3, 0.4) is 0 Å². The SMILES string of the molecule is Cc1ccccc1[C@@H](O)[C@H]1C=CCCC1. The fourth-order valence-corrected chi connectivity index (χ4v) is 2.25. The number of aryl methyl sites for hydroxylation is 1. The first kappa shape index (κ1) is 10.4. The summed E-state index contributed by atoms with van der Waals surface area (Å²) >= 11 is 0. The van der Waals surface area contributed by atoms with Crippen molar-refractivity contribution in [3.8, 4) is 0 Å². The van der Waals surface area contributed by atoms with Crippen LogP contribution in [-0.4, -0.2) is 5.11 Å². The van der Waals surface area contributed by atoms with E-state index in [1.165, 1.54) is 12.0 Å². The van der Waals surface area contributed by atoms with Gasteiger partial charge in [0.1, 0.15) is 0 Å². The van der Waals surface area contributed by atoms with Crippen molar-refractivity contribution in [2.24, 2.45) is 5.92 Å². The maximum atomic E-state index is 10.3. The molecule has 0 fully saturated rings. The summed E-state index contributed by atoms with van der Waals surface area (Å²) < 4.78 is 0. The molecular weight excluding hydrogens is 184 g/mol. The van der Waals surface area contributed by atoms with Crippen LogP contribution in [0.4, 0.5) is 0 Å². The topological polar surface area (TPSA) is 20.2 Å². The van der Waals surface area contributed by atoms with E-state index in [1.54, 1.807) is 0 Å². The summed E-state index contributed by atoms with van der Waals surface area (Å²) in [4.78, 5) is 0. The van der Waals surface area contributed by atoms with E-state index in [9.17, 15) is 5.11 Å². The maximum Gasteiger partial charge on any atom is 0.0855 e. The van der Waals surface area contributed by atoms with E-state index in [2.05, 4.69) is 25.1 Å². The van der Waals surface area contributed by atoms with E-state index >= 15 is 0 Å². The quantitative estimate of drug-likeness (QED) is 0.729. The highest BCUT2D eigenvalue weighted by Gasteiger charge is 2.20. The predicted octanol–water partition coefficient (Wildman–Crippen LogP) is 3.38. The lowest BCUT2D eigenvalue weighted by Crippen LogP contribution is -2.13. The molecule has 1 N–H and O–H groups in total. The van der Waals surface area contributed by atoms with Crippen LogP contribution in [0.15, 0.2) is 36.4 Å². The molecule has 80 valence electrons. The number of hydrogen-bond donors (Lipinski definition) is 1. The lowest BCUT2D eigenvalue weighted by Gasteiger charge is -2.23. The lowest BCUT2D eigenvalue weighted by molar-refractivity contribution is 0.123. The van der Waals surface area contributed by atoms with Crippen LogP contribution in [0.2, 0.25) is 0 Å². The van der Waals surface area contributed by atoms with Gasteiger partial charge in [0.15, 0.2) is 0 Å². The number of aliphatic hydroxyl groups excluding tert-OH is 1. The van der Waals surface area contributed by atoms with E-state index in [1.807, 2.05) is 18.2 Å². The normalized spacial score (nSPS) is 22.7. The monoisotopic (exact) mass is 202 g/mol. The molecule has 2 rings (SSSR count). The molecule has 0 amide bonds. The molecule has 0 radical (unpaired) electrons. The highest BCUT2D eigenvalue weighted by molar-refractivity contribution is 5.28. The van der Waals surface area contributed by atoms with Gasteiger partial charge in [-0.05, 0) is 37.3 Å². The largest absolute Gasteiger partial charge is 0.388 e. The summed E-state index contributed by atoms with van der Waals surface area (Å²) in [5.74, 6) is 0.305. The van der Waals surface area contributed by atoms with Gasteiger partial charge in [0, 0.05) is 5.92 Å². The molecule has 1 heteroatoms. The third kappa shape index (κ3) is 2.29. The van der Waals surface area contributed by atoms with Crippen molar-refractivity contribution < 1.29 is 5.11 Å². The third-order valence-electron chi connectivity index (χ3n) is 3.20. The second kappa shape index (κ2) is 4.63. The zero-order valence-corrected chi connectivity index (χ0v) is 9.19. The van der Waals surface area contributed by atoms with Crippen molar-refractivity contribution in [3.05, 3.63) is 47.5 Å². The Morgan fingerprint density at radius 3 is 2.80 bits per heavy atom. The lowest BCUT2D eigenvalue weighted by atomic mass is 9.86. The van der Waals surface area contributed by atoms with Gasteiger partial charge >= 0.3 is 0 Å². The van der Waals surface area contributed by atoms with Crippen molar-refractivity contribution in [3.63, 3.8) is 0 Å². The highest BCUT2D eigenvalue weighted by atomic mass is 16.3. The average molecular weight is 202 g/mol. The summed E-state index contributed by atoms with van der Waals surface area (Å²) in [6, 6.07) is 8.11. The van der Waals surface area contributed by atoms with Gasteiger partial charge in [0.25, 0.3) is 0 Å². The van der Waals surface area contributed by atoms with Gasteiger partial charge in [-0.3, -0.25) is 0 Å². The summed E-state index contributed by atoms with van der Waals surface area (Å²) in [6.45, 7) is 2.06. The first-order chi connectivity index (χ1) is 7.29. The zero-order valence-electron chi connectivity index (χ0n) is 9.19. The molecule has 1 aliphatic rings. The van der Waals surface area contributed by atoms with Gasteiger partial charge in [-0.15, -0.1) is 0 Å². The Labute approximate surface area is 91.4 Å². The van der Waals surface area contributed by atoms with Gasteiger partial charge in [0.05, 0.1) is 6.10 Å². The van der Waals surface area contributed by atoms with Crippen LogP contribution >= 0.6 is 0 Å². The Hall–Kier alpha value is -1.08. The van der Waals surface area contributed by atoms with Gasteiger partial charge in [0.2, 0.25) is 0 Å². The fourth-order valence-electron chi connectivity index (χ4n) is 2.25. The van der Waals surface area contributed by atoms with Crippen molar-refractivity contribution >= 4 is 0 Å². The van der Waals surface area contributed by atoms with Crippen LogP contribution in [0.5, 0.6) is 0 Å². The minimum Gasteiger partial charge on any atom is -0.388 e. The number of allylic oxidation sites excluding steroid dienone is 1. The molecule has 0 saturated carbocycles. The van der Waals surface area contributed by atoms with Crippen LogP contribution in [0.1, 0.15) is 36.5 Å². The molecule has 0 aliphatic heterocycles. The zero-order chi connectivity index (χ0) is 10.7. The molecule has 0 unspecified atom stereocenters. The van der Waals surface area contributed by atoms with Gasteiger partial charge in [-0.1, -0.05) is 36.4 Å².